The van der Waals surface area contributed by atoms with Gasteiger partial charge in [-0.3, -0.25) is 9.79 Å². The second-order valence-corrected chi connectivity index (χ2v) is 7.84. The Hall–Kier alpha value is -1.79. The van der Waals surface area contributed by atoms with E-state index in [1.165, 1.54) is 19.3 Å². The fourth-order valence-electron chi connectivity index (χ4n) is 3.32. The van der Waals surface area contributed by atoms with Crippen LogP contribution in [-0.4, -0.2) is 45.2 Å². The van der Waals surface area contributed by atoms with E-state index in [2.05, 4.69) is 16.0 Å². The van der Waals surface area contributed by atoms with Crippen LogP contribution in [-0.2, 0) is 9.53 Å². The highest BCUT2D eigenvalue weighted by molar-refractivity contribution is 6.31. The highest BCUT2D eigenvalue weighted by Crippen LogP contribution is 2.44. The Balaban J connectivity index is 1.82. The monoisotopic (exact) mass is 408 g/mol. The van der Waals surface area contributed by atoms with Gasteiger partial charge in [0.25, 0.3) is 0 Å². The number of methoxy groups -OCH3 is 1. The van der Waals surface area contributed by atoms with Crippen LogP contribution in [0.2, 0.25) is 5.02 Å². The third-order valence-electron chi connectivity index (χ3n) is 5.35. The normalized spacial score (nSPS) is 15.6. The second-order valence-electron chi connectivity index (χ2n) is 7.43. The molecular formula is C21H33ClN4O2. The van der Waals surface area contributed by atoms with Gasteiger partial charge in [0.2, 0.25) is 5.91 Å². The van der Waals surface area contributed by atoms with Crippen LogP contribution in [0.5, 0.6) is 0 Å². The lowest BCUT2D eigenvalue weighted by molar-refractivity contribution is -0.116. The number of benzene rings is 1. The van der Waals surface area contributed by atoms with E-state index in [0.29, 0.717) is 18.0 Å². The van der Waals surface area contributed by atoms with Crippen molar-refractivity contribution in [3.63, 3.8) is 0 Å². The Morgan fingerprint density at radius 1 is 1.32 bits per heavy atom. The number of carbonyl (C=O) groups is 1. The Morgan fingerprint density at radius 2 is 2.11 bits per heavy atom. The molecule has 3 N–H and O–H groups in total. The first kappa shape index (κ1) is 22.5. The molecule has 156 valence electrons. The molecule has 0 atom stereocenters. The minimum Gasteiger partial charge on any atom is -0.385 e. The van der Waals surface area contributed by atoms with Crippen molar-refractivity contribution < 1.29 is 9.53 Å². The molecule has 0 unspecified atom stereocenters. The lowest BCUT2D eigenvalue weighted by Crippen LogP contribution is -2.41. The fourth-order valence-corrected chi connectivity index (χ4v) is 3.50. The van der Waals surface area contributed by atoms with Gasteiger partial charge in [-0.2, -0.15) is 0 Å². The zero-order valence-corrected chi connectivity index (χ0v) is 18.0. The predicted molar refractivity (Wildman–Crippen MR) is 116 cm³/mol. The third kappa shape index (κ3) is 6.67. The molecule has 1 aromatic rings. The van der Waals surface area contributed by atoms with Crippen LogP contribution in [0.25, 0.3) is 0 Å². The summed E-state index contributed by atoms with van der Waals surface area (Å²) in [5, 5.41) is 10.1. The van der Waals surface area contributed by atoms with Gasteiger partial charge in [0.15, 0.2) is 5.96 Å². The molecule has 0 saturated heterocycles. The van der Waals surface area contributed by atoms with Crippen molar-refractivity contribution in [2.24, 2.45) is 10.4 Å². The largest absolute Gasteiger partial charge is 0.385 e. The molecule has 1 amide bonds. The molecule has 1 aromatic carbocycles. The molecule has 1 fully saturated rings. The van der Waals surface area contributed by atoms with E-state index < -0.39 is 0 Å². The second kappa shape index (κ2) is 11.3. The van der Waals surface area contributed by atoms with E-state index in [0.717, 1.165) is 43.3 Å². The number of nitrogens with zero attached hydrogens (tertiary/aromatic N) is 1. The van der Waals surface area contributed by atoms with E-state index in [1.807, 2.05) is 32.0 Å². The van der Waals surface area contributed by atoms with Crippen LogP contribution < -0.4 is 16.0 Å². The molecule has 1 aliphatic rings. The zero-order valence-electron chi connectivity index (χ0n) is 17.2. The highest BCUT2D eigenvalue weighted by Gasteiger charge is 2.36. The maximum Gasteiger partial charge on any atom is 0.226 e. The molecule has 1 aliphatic carbocycles. The van der Waals surface area contributed by atoms with Crippen molar-refractivity contribution in [3.8, 4) is 0 Å². The molecule has 2 rings (SSSR count). The van der Waals surface area contributed by atoms with Gasteiger partial charge in [-0.05, 0) is 56.2 Å². The fraction of sp³-hybridized carbons (Fsp3) is 0.619. The topological polar surface area (TPSA) is 74.8 Å². The molecule has 0 heterocycles. The molecular weight excluding hydrogens is 376 g/mol. The van der Waals surface area contributed by atoms with E-state index in [1.54, 1.807) is 7.11 Å². The quantitative estimate of drug-likeness (QED) is 0.407. The Kier molecular flexibility index (Phi) is 9.06. The van der Waals surface area contributed by atoms with Gasteiger partial charge in [0.1, 0.15) is 0 Å². The minimum absolute atomic E-state index is 0.0516. The zero-order chi connectivity index (χ0) is 20.4. The van der Waals surface area contributed by atoms with Gasteiger partial charge in [0.05, 0.1) is 0 Å². The first-order valence-corrected chi connectivity index (χ1v) is 10.4. The Bertz CT molecular complexity index is 674. The van der Waals surface area contributed by atoms with Crippen molar-refractivity contribution in [1.29, 1.82) is 0 Å². The van der Waals surface area contributed by atoms with Gasteiger partial charge in [0, 0.05) is 50.5 Å². The van der Waals surface area contributed by atoms with Gasteiger partial charge in [-0.15, -0.1) is 0 Å². The first-order valence-electron chi connectivity index (χ1n) is 10.1. The van der Waals surface area contributed by atoms with Crippen molar-refractivity contribution >= 4 is 29.2 Å². The van der Waals surface area contributed by atoms with Crippen LogP contribution in [0.15, 0.2) is 23.2 Å². The predicted octanol–water partition coefficient (Wildman–Crippen LogP) is 3.74. The molecule has 0 spiro atoms. The number of rotatable bonds is 10. The van der Waals surface area contributed by atoms with Gasteiger partial charge < -0.3 is 20.7 Å². The number of aliphatic imine (C=N–C) groups is 1. The standard InChI is InChI=1S/C21H33ClN4O2/c1-4-23-20(25-15-21(10-6-11-21)12-14-28-3)24-13-9-19(27)26-18-8-5-7-17(22)16(18)2/h5,7-8H,4,6,9-15H2,1-3H3,(H,26,27)(H2,23,24,25). The number of nitrogens with one attached hydrogen (secondary N) is 3. The molecule has 28 heavy (non-hydrogen) atoms. The number of hydrogen-bond donors (Lipinski definition) is 3. The lowest BCUT2D eigenvalue weighted by Gasteiger charge is -2.40. The number of anilines is 1. The summed E-state index contributed by atoms with van der Waals surface area (Å²) in [5.74, 6) is 0.710. The summed E-state index contributed by atoms with van der Waals surface area (Å²) >= 11 is 6.10. The van der Waals surface area contributed by atoms with Crippen LogP contribution in [0.3, 0.4) is 0 Å². The number of amides is 1. The maximum atomic E-state index is 12.2. The summed E-state index contributed by atoms with van der Waals surface area (Å²) in [6.07, 6.45) is 5.09. The van der Waals surface area contributed by atoms with Crippen molar-refractivity contribution in [3.05, 3.63) is 28.8 Å². The average Bonchev–Trinajstić information content (AvgIpc) is 2.64. The summed E-state index contributed by atoms with van der Waals surface area (Å²) < 4.78 is 5.25. The lowest BCUT2D eigenvalue weighted by atomic mass is 9.67. The summed E-state index contributed by atoms with van der Waals surface area (Å²) in [4.78, 5) is 17.0. The number of carbonyl (C=O) groups excluding carboxylic acids is 1. The average molecular weight is 409 g/mol. The molecule has 6 nitrogen and oxygen atoms in total. The van der Waals surface area contributed by atoms with Crippen molar-refractivity contribution in [1.82, 2.24) is 10.6 Å². The van der Waals surface area contributed by atoms with Crippen LogP contribution in [0, 0.1) is 12.3 Å². The summed E-state index contributed by atoms with van der Waals surface area (Å²) in [6, 6.07) is 5.50. The third-order valence-corrected chi connectivity index (χ3v) is 5.76. The first-order chi connectivity index (χ1) is 13.5. The number of guanidine groups is 1. The molecule has 0 aliphatic heterocycles. The SMILES string of the molecule is CCNC(=NCC1(CCOC)CCC1)NCCC(=O)Nc1cccc(Cl)c1C. The van der Waals surface area contributed by atoms with Crippen molar-refractivity contribution in [2.45, 2.75) is 46.0 Å². The molecule has 0 aromatic heterocycles. The molecule has 0 bridgehead atoms. The van der Waals surface area contributed by atoms with Gasteiger partial charge in [-0.25, -0.2) is 0 Å². The number of hydrogen-bond acceptors (Lipinski definition) is 3. The Morgan fingerprint density at radius 3 is 2.75 bits per heavy atom. The smallest absolute Gasteiger partial charge is 0.226 e. The van der Waals surface area contributed by atoms with Crippen molar-refractivity contribution in [2.75, 3.05) is 38.7 Å². The van der Waals surface area contributed by atoms with E-state index in [4.69, 9.17) is 21.3 Å². The minimum atomic E-state index is -0.0516. The summed E-state index contributed by atoms with van der Waals surface area (Å²) in [6.45, 7) is 6.80. The highest BCUT2D eigenvalue weighted by atomic mass is 35.5. The molecule has 1 saturated carbocycles. The van der Waals surface area contributed by atoms with Crippen LogP contribution in [0.4, 0.5) is 5.69 Å². The molecule has 0 radical (unpaired) electrons. The van der Waals surface area contributed by atoms with Gasteiger partial charge in [-0.1, -0.05) is 24.1 Å². The summed E-state index contributed by atoms with van der Waals surface area (Å²) in [5.41, 5.74) is 1.91. The van der Waals surface area contributed by atoms with Crippen LogP contribution >= 0.6 is 11.6 Å². The van der Waals surface area contributed by atoms with E-state index in [9.17, 15) is 4.79 Å². The number of halogens is 1. The van der Waals surface area contributed by atoms with Crippen LogP contribution in [0.1, 0.15) is 44.6 Å². The summed E-state index contributed by atoms with van der Waals surface area (Å²) in [7, 11) is 1.75. The van der Waals surface area contributed by atoms with Gasteiger partial charge >= 0.3 is 0 Å². The Labute approximate surface area is 173 Å². The van der Waals surface area contributed by atoms with E-state index in [-0.39, 0.29) is 11.3 Å². The maximum absolute atomic E-state index is 12.2. The van der Waals surface area contributed by atoms with E-state index >= 15 is 0 Å². The number of ether oxygens (including phenoxy) is 1. The molecule has 7 heteroatoms.